The normalized spacial score (nSPS) is 16.5. The number of nitrogens with one attached hydrogen (secondary N) is 2. The summed E-state index contributed by atoms with van der Waals surface area (Å²) in [6.07, 6.45) is -1.50. The third kappa shape index (κ3) is 4.27. The van der Waals surface area contributed by atoms with Gasteiger partial charge in [-0.05, 0) is 72.9 Å². The van der Waals surface area contributed by atoms with Crippen LogP contribution in [0.2, 0.25) is 0 Å². The zero-order valence-corrected chi connectivity index (χ0v) is 15.0. The maximum Gasteiger partial charge on any atom is 0.416 e. The largest absolute Gasteiger partial charge is 0.497 e. The molecule has 3 nitrogen and oxygen atoms in total. The molecule has 2 aromatic carbocycles. The first-order chi connectivity index (χ1) is 12.4. The molecule has 1 aliphatic carbocycles. The summed E-state index contributed by atoms with van der Waals surface area (Å²) in [6.45, 7) is 0. The van der Waals surface area contributed by atoms with Crippen LogP contribution in [0.15, 0.2) is 42.5 Å². The van der Waals surface area contributed by atoms with Crippen molar-refractivity contribution in [1.29, 1.82) is 0 Å². The summed E-state index contributed by atoms with van der Waals surface area (Å²) in [7, 11) is 1.63. The van der Waals surface area contributed by atoms with Crippen molar-refractivity contribution >= 4 is 23.0 Å². The van der Waals surface area contributed by atoms with Gasteiger partial charge in [0.2, 0.25) is 0 Å². The lowest BCUT2D eigenvalue weighted by Crippen LogP contribution is -2.34. The monoisotopic (exact) mass is 380 g/mol. The standard InChI is InChI=1S/C19H19F3N2OS/c1-25-15-8-9-16-12(10-15)4-2-7-17(16)24-18(26)23-14-6-3-5-13(11-14)19(20,21)22/h3,5-6,8-11,17H,2,4,7H2,1H3,(H2,23,24,26)/t17-/m1/s1. The molecule has 0 radical (unpaired) electrons. The quantitative estimate of drug-likeness (QED) is 0.728. The van der Waals surface area contributed by atoms with Crippen molar-refractivity contribution in [3.8, 4) is 5.75 Å². The Morgan fingerprint density at radius 1 is 1.19 bits per heavy atom. The maximum atomic E-state index is 12.8. The van der Waals surface area contributed by atoms with Crippen molar-refractivity contribution in [2.45, 2.75) is 31.5 Å². The summed E-state index contributed by atoms with van der Waals surface area (Å²) in [6, 6.07) is 11.0. The number of alkyl halides is 3. The third-order valence-electron chi connectivity index (χ3n) is 4.42. The van der Waals surface area contributed by atoms with Gasteiger partial charge in [0.15, 0.2) is 5.11 Å². The van der Waals surface area contributed by atoms with Crippen LogP contribution in [0.1, 0.15) is 35.6 Å². The highest BCUT2D eigenvalue weighted by Gasteiger charge is 2.30. The van der Waals surface area contributed by atoms with Crippen LogP contribution in [-0.2, 0) is 12.6 Å². The Morgan fingerprint density at radius 2 is 2.00 bits per heavy atom. The lowest BCUT2D eigenvalue weighted by atomic mass is 9.87. The van der Waals surface area contributed by atoms with Crippen LogP contribution in [0.5, 0.6) is 5.75 Å². The van der Waals surface area contributed by atoms with E-state index in [2.05, 4.69) is 10.6 Å². The van der Waals surface area contributed by atoms with Crippen molar-refractivity contribution in [1.82, 2.24) is 5.32 Å². The fraction of sp³-hybridized carbons (Fsp3) is 0.316. The van der Waals surface area contributed by atoms with E-state index in [0.717, 1.165) is 42.7 Å². The van der Waals surface area contributed by atoms with Crippen LogP contribution in [0.4, 0.5) is 18.9 Å². The summed E-state index contributed by atoms with van der Waals surface area (Å²) in [4.78, 5) is 0. The van der Waals surface area contributed by atoms with E-state index in [1.807, 2.05) is 18.2 Å². The summed E-state index contributed by atoms with van der Waals surface area (Å²) < 4.78 is 43.7. The zero-order chi connectivity index (χ0) is 18.7. The van der Waals surface area contributed by atoms with E-state index in [-0.39, 0.29) is 6.04 Å². The molecule has 0 aromatic heterocycles. The molecule has 0 saturated heterocycles. The molecular formula is C19H19F3N2OS. The molecule has 2 N–H and O–H groups in total. The fourth-order valence-corrected chi connectivity index (χ4v) is 3.43. The van der Waals surface area contributed by atoms with Gasteiger partial charge < -0.3 is 15.4 Å². The molecule has 1 atom stereocenters. The molecule has 0 aliphatic heterocycles. The maximum absolute atomic E-state index is 12.8. The molecule has 3 rings (SSSR count). The van der Waals surface area contributed by atoms with Crippen molar-refractivity contribution in [2.24, 2.45) is 0 Å². The zero-order valence-electron chi connectivity index (χ0n) is 14.2. The highest BCUT2D eigenvalue weighted by molar-refractivity contribution is 7.80. The second-order valence-electron chi connectivity index (χ2n) is 6.19. The molecular weight excluding hydrogens is 361 g/mol. The molecule has 0 amide bonds. The number of halogens is 3. The van der Waals surface area contributed by atoms with Gasteiger partial charge >= 0.3 is 6.18 Å². The van der Waals surface area contributed by atoms with Crippen LogP contribution in [0.25, 0.3) is 0 Å². The fourth-order valence-electron chi connectivity index (χ4n) is 3.17. The molecule has 0 bridgehead atoms. The Bertz CT molecular complexity index is 808. The smallest absolute Gasteiger partial charge is 0.416 e. The number of rotatable bonds is 3. The Balaban J connectivity index is 1.70. The van der Waals surface area contributed by atoms with Crippen LogP contribution in [-0.4, -0.2) is 12.2 Å². The Labute approximate surface area is 155 Å². The average Bonchev–Trinajstić information content (AvgIpc) is 2.61. The molecule has 138 valence electrons. The molecule has 0 unspecified atom stereocenters. The van der Waals surface area contributed by atoms with E-state index < -0.39 is 11.7 Å². The number of anilines is 1. The van der Waals surface area contributed by atoms with Gasteiger partial charge in [0.05, 0.1) is 18.7 Å². The van der Waals surface area contributed by atoms with E-state index in [1.165, 1.54) is 11.6 Å². The minimum atomic E-state index is -4.38. The molecule has 2 aromatic rings. The number of ether oxygens (including phenoxy) is 1. The van der Waals surface area contributed by atoms with E-state index in [0.29, 0.717) is 10.8 Å². The Hall–Kier alpha value is -2.28. The van der Waals surface area contributed by atoms with E-state index in [1.54, 1.807) is 13.2 Å². The highest BCUT2D eigenvalue weighted by atomic mass is 32.1. The highest BCUT2D eigenvalue weighted by Crippen LogP contribution is 2.33. The minimum absolute atomic E-state index is 0.0236. The minimum Gasteiger partial charge on any atom is -0.497 e. The number of hydrogen-bond acceptors (Lipinski definition) is 2. The van der Waals surface area contributed by atoms with Gasteiger partial charge in [0, 0.05) is 5.69 Å². The van der Waals surface area contributed by atoms with Gasteiger partial charge in [-0.3, -0.25) is 0 Å². The van der Waals surface area contributed by atoms with Crippen LogP contribution in [0.3, 0.4) is 0 Å². The molecule has 7 heteroatoms. The van der Waals surface area contributed by atoms with Gasteiger partial charge in [-0.2, -0.15) is 13.2 Å². The van der Waals surface area contributed by atoms with Gasteiger partial charge in [-0.15, -0.1) is 0 Å². The number of hydrogen-bond donors (Lipinski definition) is 2. The Kier molecular flexibility index (Phi) is 5.36. The summed E-state index contributed by atoms with van der Waals surface area (Å²) in [5.41, 5.74) is 1.95. The molecule has 0 spiro atoms. The first-order valence-corrected chi connectivity index (χ1v) is 8.69. The summed E-state index contributed by atoms with van der Waals surface area (Å²) >= 11 is 5.30. The van der Waals surface area contributed by atoms with Crippen LogP contribution < -0.4 is 15.4 Å². The van der Waals surface area contributed by atoms with Crippen molar-refractivity contribution in [3.63, 3.8) is 0 Å². The number of aryl methyl sites for hydroxylation is 1. The predicted octanol–water partition coefficient (Wildman–Crippen LogP) is 5.08. The SMILES string of the molecule is COc1ccc2c(c1)CCC[C@H]2NC(=S)Nc1cccc(C(F)(F)F)c1. The molecule has 0 fully saturated rings. The lowest BCUT2D eigenvalue weighted by molar-refractivity contribution is -0.137. The number of benzene rings is 2. The van der Waals surface area contributed by atoms with Crippen LogP contribution >= 0.6 is 12.2 Å². The first kappa shape index (κ1) is 18.5. The van der Waals surface area contributed by atoms with Crippen molar-refractivity contribution < 1.29 is 17.9 Å². The second-order valence-corrected chi connectivity index (χ2v) is 6.59. The lowest BCUT2D eigenvalue weighted by Gasteiger charge is -2.28. The van der Waals surface area contributed by atoms with Gasteiger partial charge in [-0.25, -0.2) is 0 Å². The van der Waals surface area contributed by atoms with Crippen molar-refractivity contribution in [3.05, 3.63) is 59.2 Å². The topological polar surface area (TPSA) is 33.3 Å². The average molecular weight is 380 g/mol. The second kappa shape index (κ2) is 7.53. The van der Waals surface area contributed by atoms with E-state index in [4.69, 9.17) is 17.0 Å². The van der Waals surface area contributed by atoms with Crippen LogP contribution in [0, 0.1) is 0 Å². The first-order valence-electron chi connectivity index (χ1n) is 8.28. The van der Waals surface area contributed by atoms with E-state index >= 15 is 0 Å². The van der Waals surface area contributed by atoms with E-state index in [9.17, 15) is 13.2 Å². The summed E-state index contributed by atoms with van der Waals surface area (Å²) in [5.74, 6) is 0.814. The molecule has 1 aliphatic rings. The third-order valence-corrected chi connectivity index (χ3v) is 4.64. The Morgan fingerprint density at radius 3 is 2.73 bits per heavy atom. The molecule has 26 heavy (non-hydrogen) atoms. The number of fused-ring (bicyclic) bond motifs is 1. The summed E-state index contributed by atoms with van der Waals surface area (Å²) in [5, 5.41) is 6.37. The predicted molar refractivity (Wildman–Crippen MR) is 99.5 cm³/mol. The van der Waals surface area contributed by atoms with Gasteiger partial charge in [0.1, 0.15) is 5.75 Å². The molecule has 0 heterocycles. The van der Waals surface area contributed by atoms with Gasteiger partial charge in [-0.1, -0.05) is 12.1 Å². The van der Waals surface area contributed by atoms with Gasteiger partial charge in [0.25, 0.3) is 0 Å². The van der Waals surface area contributed by atoms with Crippen molar-refractivity contribution in [2.75, 3.05) is 12.4 Å². The number of methoxy groups -OCH3 is 1. The molecule has 0 saturated carbocycles. The number of thiocarbonyl (C=S) groups is 1.